The van der Waals surface area contributed by atoms with Gasteiger partial charge in [-0.15, -0.1) is 0 Å². The third-order valence-corrected chi connectivity index (χ3v) is 5.09. The molecule has 1 amide bonds. The Morgan fingerprint density at radius 2 is 1.33 bits per heavy atom. The van der Waals surface area contributed by atoms with Gasteiger partial charge in [0.15, 0.2) is 0 Å². The van der Waals surface area contributed by atoms with Crippen LogP contribution in [0.3, 0.4) is 0 Å². The smallest absolute Gasteiger partial charge is 0.489 e. The van der Waals surface area contributed by atoms with E-state index in [2.05, 4.69) is 5.32 Å². The summed E-state index contributed by atoms with van der Waals surface area (Å²) < 4.78 is 43.0. The molecule has 3 aromatic carbocycles. The van der Waals surface area contributed by atoms with Crippen molar-refractivity contribution in [2.24, 2.45) is 5.73 Å². The number of hydrogen-bond donors (Lipinski definition) is 3. The van der Waals surface area contributed by atoms with Crippen LogP contribution in [0.4, 0.5) is 13.2 Å². The van der Waals surface area contributed by atoms with E-state index in [0.717, 1.165) is 22.4 Å². The highest BCUT2D eigenvalue weighted by molar-refractivity contribution is 5.87. The second-order valence-corrected chi connectivity index (χ2v) is 8.37. The highest BCUT2D eigenvalue weighted by Crippen LogP contribution is 2.16. The van der Waals surface area contributed by atoms with Gasteiger partial charge in [0.2, 0.25) is 5.91 Å². The van der Waals surface area contributed by atoms with Gasteiger partial charge in [0.1, 0.15) is 25.0 Å². The summed E-state index contributed by atoms with van der Waals surface area (Å²) in [4.78, 5) is 33.7. The Labute approximate surface area is 223 Å². The summed E-state index contributed by atoms with van der Waals surface area (Å²) in [6, 6.07) is 25.2. The van der Waals surface area contributed by atoms with Gasteiger partial charge >= 0.3 is 18.1 Å². The lowest BCUT2D eigenvalue weighted by Gasteiger charge is -2.19. The van der Waals surface area contributed by atoms with Crippen LogP contribution in [0.1, 0.15) is 23.6 Å². The molecule has 0 saturated carbocycles. The molecule has 3 aromatic rings. The van der Waals surface area contributed by atoms with Gasteiger partial charge in [-0.05, 0) is 35.7 Å². The first kappa shape index (κ1) is 30.8. The number of carbonyl (C=O) groups is 3. The van der Waals surface area contributed by atoms with Crippen LogP contribution in [0.25, 0.3) is 0 Å². The van der Waals surface area contributed by atoms with E-state index < -0.39 is 36.1 Å². The minimum atomic E-state index is -5.08. The highest BCUT2D eigenvalue weighted by atomic mass is 19.4. The van der Waals surface area contributed by atoms with Gasteiger partial charge in [-0.1, -0.05) is 72.8 Å². The molecule has 0 unspecified atom stereocenters. The van der Waals surface area contributed by atoms with Gasteiger partial charge in [0.25, 0.3) is 0 Å². The van der Waals surface area contributed by atoms with Crippen molar-refractivity contribution in [3.63, 3.8) is 0 Å². The van der Waals surface area contributed by atoms with E-state index in [0.29, 0.717) is 6.61 Å². The number of aliphatic carboxylic acids is 1. The van der Waals surface area contributed by atoms with Crippen LogP contribution < -0.4 is 15.8 Å². The van der Waals surface area contributed by atoms with Crippen molar-refractivity contribution >= 4 is 17.8 Å². The van der Waals surface area contributed by atoms with Crippen molar-refractivity contribution in [3.05, 3.63) is 102 Å². The number of carboxylic acid groups (broad SMARTS) is 1. The molecule has 4 N–H and O–H groups in total. The van der Waals surface area contributed by atoms with Crippen LogP contribution >= 0.6 is 0 Å². The van der Waals surface area contributed by atoms with E-state index in [-0.39, 0.29) is 13.0 Å². The quantitative estimate of drug-likeness (QED) is 0.328. The number of alkyl halides is 3. The van der Waals surface area contributed by atoms with Crippen molar-refractivity contribution in [1.82, 2.24) is 5.32 Å². The van der Waals surface area contributed by atoms with Gasteiger partial charge < -0.3 is 25.6 Å². The zero-order valence-corrected chi connectivity index (χ0v) is 21.1. The summed E-state index contributed by atoms with van der Waals surface area (Å²) in [7, 11) is 0. The van der Waals surface area contributed by atoms with Gasteiger partial charge in [-0.3, -0.25) is 4.79 Å². The van der Waals surface area contributed by atoms with E-state index >= 15 is 0 Å². The Kier molecular flexibility index (Phi) is 12.0. The molecule has 39 heavy (non-hydrogen) atoms. The standard InChI is InChI=1S/C26H28N2O4.C2HF3O2/c1-19(27)25(29)28-24(26(30)32-18-22-10-6-3-7-11-22)16-20-12-14-23(15-13-20)31-17-21-8-4-2-5-9-21;3-2(4,5)1(6)7/h2-15,19,24H,16-18,27H2,1H3,(H,28,29);(H,6,7)/t19-,24-;/m0./s1. The molecule has 0 aliphatic carbocycles. The molecule has 0 bridgehead atoms. The van der Waals surface area contributed by atoms with Crippen LogP contribution in [-0.2, 0) is 38.8 Å². The molecule has 0 radical (unpaired) electrons. The summed E-state index contributed by atoms with van der Waals surface area (Å²) in [6.45, 7) is 2.18. The van der Waals surface area contributed by atoms with Crippen molar-refractivity contribution in [1.29, 1.82) is 0 Å². The predicted molar refractivity (Wildman–Crippen MR) is 136 cm³/mol. The predicted octanol–water partition coefficient (Wildman–Crippen LogP) is 4.02. The molecular formula is C28H29F3N2O6. The van der Waals surface area contributed by atoms with Gasteiger partial charge in [-0.2, -0.15) is 13.2 Å². The van der Waals surface area contributed by atoms with Gasteiger partial charge in [0.05, 0.1) is 6.04 Å². The molecular weight excluding hydrogens is 517 g/mol. The number of ether oxygens (including phenoxy) is 2. The van der Waals surface area contributed by atoms with E-state index in [1.54, 1.807) is 6.92 Å². The zero-order chi connectivity index (χ0) is 28.8. The topological polar surface area (TPSA) is 128 Å². The Hall–Kier alpha value is -4.38. The lowest BCUT2D eigenvalue weighted by molar-refractivity contribution is -0.192. The Balaban J connectivity index is 0.000000673. The fourth-order valence-corrected chi connectivity index (χ4v) is 3.02. The molecule has 208 valence electrons. The maximum atomic E-state index is 12.7. The zero-order valence-electron chi connectivity index (χ0n) is 21.1. The Morgan fingerprint density at radius 1 is 0.846 bits per heavy atom. The van der Waals surface area contributed by atoms with Crippen molar-refractivity contribution < 1.29 is 42.1 Å². The Bertz CT molecular complexity index is 1190. The van der Waals surface area contributed by atoms with E-state index in [9.17, 15) is 22.8 Å². The SMILES string of the molecule is C[C@H](N)C(=O)N[C@@H](Cc1ccc(OCc2ccccc2)cc1)C(=O)OCc1ccccc1.O=C(O)C(F)(F)F. The van der Waals surface area contributed by atoms with Gasteiger partial charge in [-0.25, -0.2) is 9.59 Å². The minimum Gasteiger partial charge on any atom is -0.489 e. The first-order valence-corrected chi connectivity index (χ1v) is 11.8. The van der Waals surface area contributed by atoms with E-state index in [4.69, 9.17) is 25.1 Å². The number of nitrogens with one attached hydrogen (secondary N) is 1. The molecule has 0 spiro atoms. The fourth-order valence-electron chi connectivity index (χ4n) is 3.02. The number of nitrogens with two attached hydrogens (primary N) is 1. The molecule has 0 aliphatic heterocycles. The average molecular weight is 547 g/mol. The summed E-state index contributed by atoms with van der Waals surface area (Å²) in [5.74, 6) is -2.95. The average Bonchev–Trinajstić information content (AvgIpc) is 2.91. The molecule has 0 saturated heterocycles. The number of carboxylic acids is 1. The first-order valence-electron chi connectivity index (χ1n) is 11.8. The van der Waals surface area contributed by atoms with Crippen molar-refractivity contribution in [2.45, 2.75) is 44.8 Å². The number of carbonyl (C=O) groups excluding carboxylic acids is 2. The monoisotopic (exact) mass is 546 g/mol. The van der Waals surface area contributed by atoms with Gasteiger partial charge in [0, 0.05) is 6.42 Å². The number of rotatable bonds is 10. The van der Waals surface area contributed by atoms with Crippen LogP contribution in [0.2, 0.25) is 0 Å². The normalized spacial score (nSPS) is 12.2. The van der Waals surface area contributed by atoms with Crippen LogP contribution in [0.5, 0.6) is 5.75 Å². The lowest BCUT2D eigenvalue weighted by atomic mass is 10.1. The molecule has 0 aromatic heterocycles. The summed E-state index contributed by atoms with van der Waals surface area (Å²) in [5, 5.41) is 9.82. The van der Waals surface area contributed by atoms with Crippen molar-refractivity contribution in [2.75, 3.05) is 0 Å². The van der Waals surface area contributed by atoms with E-state index in [1.807, 2.05) is 84.9 Å². The molecule has 0 aliphatic rings. The number of halogens is 3. The summed E-state index contributed by atoms with van der Waals surface area (Å²) in [5.41, 5.74) is 8.48. The van der Waals surface area contributed by atoms with Crippen LogP contribution in [-0.4, -0.2) is 41.2 Å². The largest absolute Gasteiger partial charge is 0.490 e. The first-order chi connectivity index (χ1) is 18.5. The minimum absolute atomic E-state index is 0.135. The lowest BCUT2D eigenvalue weighted by Crippen LogP contribution is -2.48. The molecule has 11 heteroatoms. The van der Waals surface area contributed by atoms with Crippen molar-refractivity contribution in [3.8, 4) is 5.75 Å². The second-order valence-electron chi connectivity index (χ2n) is 8.37. The summed E-state index contributed by atoms with van der Waals surface area (Å²) >= 11 is 0. The van der Waals surface area contributed by atoms with E-state index in [1.165, 1.54) is 0 Å². The number of esters is 1. The number of amides is 1. The molecule has 0 fully saturated rings. The third-order valence-electron chi connectivity index (χ3n) is 5.09. The number of benzene rings is 3. The fraction of sp³-hybridized carbons (Fsp3) is 0.250. The molecule has 0 heterocycles. The molecule has 3 rings (SSSR count). The maximum Gasteiger partial charge on any atom is 0.490 e. The molecule has 8 nitrogen and oxygen atoms in total. The third kappa shape index (κ3) is 11.7. The summed E-state index contributed by atoms with van der Waals surface area (Å²) in [6.07, 6.45) is -4.80. The van der Waals surface area contributed by atoms with Crippen LogP contribution in [0.15, 0.2) is 84.9 Å². The Morgan fingerprint density at radius 3 is 1.79 bits per heavy atom. The highest BCUT2D eigenvalue weighted by Gasteiger charge is 2.38. The maximum absolute atomic E-state index is 12.7. The van der Waals surface area contributed by atoms with Crippen LogP contribution in [0, 0.1) is 0 Å². The second kappa shape index (κ2) is 15.1. The number of hydrogen-bond acceptors (Lipinski definition) is 6. The molecule has 2 atom stereocenters.